The molecule has 0 fully saturated rings. The van der Waals surface area contributed by atoms with Crippen LogP contribution in [0.3, 0.4) is 0 Å². The fourth-order valence-corrected chi connectivity index (χ4v) is 0. The van der Waals surface area contributed by atoms with E-state index < -0.39 is 0 Å². The molecule has 1 atom stereocenters. The van der Waals surface area contributed by atoms with Crippen LogP contribution >= 0.6 is 9.90 Å². The summed E-state index contributed by atoms with van der Waals surface area (Å²) in [7, 11) is 0. The van der Waals surface area contributed by atoms with E-state index >= 15 is 0 Å². The first kappa shape index (κ1) is 84.2. The Labute approximate surface area is 173 Å². The summed E-state index contributed by atoms with van der Waals surface area (Å²) in [5.74, 6) is 1.67. The summed E-state index contributed by atoms with van der Waals surface area (Å²) in [5.41, 5.74) is 0. The molecule has 0 saturated carbocycles. The summed E-state index contributed by atoms with van der Waals surface area (Å²) in [6.07, 6.45) is 2.50. The first-order chi connectivity index (χ1) is 9.29. The molecule has 2 N–H and O–H groups in total. The molecule has 1 nitrogen and oxygen atoms in total. The number of hydrogen-bond donors (Lipinski definition) is 0. The molecule has 1 unspecified atom stereocenters. The molecule has 2 heteroatoms. The second kappa shape index (κ2) is 190. The molecule has 0 saturated heterocycles. The van der Waals surface area contributed by atoms with Gasteiger partial charge < -0.3 is 5.48 Å². The average molecular weight is 395 g/mol. The van der Waals surface area contributed by atoms with Crippen molar-refractivity contribution in [3.05, 3.63) is 0 Å². The fourth-order valence-electron chi connectivity index (χ4n) is 0. The Morgan fingerprint density at radius 2 is 0.440 bits per heavy atom. The van der Waals surface area contributed by atoms with Crippen molar-refractivity contribution in [1.29, 1.82) is 0 Å². The highest BCUT2D eigenvalue weighted by atomic mass is 31.0. The van der Waals surface area contributed by atoms with Crippen LogP contribution in [0.2, 0.25) is 0 Å². The van der Waals surface area contributed by atoms with Gasteiger partial charge >= 0.3 is 0 Å². The maximum Gasteiger partial charge on any atom is -0.0500 e. The van der Waals surface area contributed by atoms with Crippen LogP contribution in [0.5, 0.6) is 0 Å². The zero-order chi connectivity index (χ0) is 18.6. The van der Waals surface area contributed by atoms with Gasteiger partial charge in [-0.1, -0.05) is 146 Å². The molecule has 0 heterocycles. The van der Waals surface area contributed by atoms with Crippen LogP contribution in [0, 0.1) is 11.8 Å². The first-order valence-corrected chi connectivity index (χ1v) is 9.29. The van der Waals surface area contributed by atoms with Crippen molar-refractivity contribution < 1.29 is 5.48 Å². The molecule has 25 heavy (non-hydrogen) atoms. The summed E-state index contributed by atoms with van der Waals surface area (Å²) in [4.78, 5) is 0. The summed E-state index contributed by atoms with van der Waals surface area (Å²) in [6.45, 7) is 33.5. The van der Waals surface area contributed by atoms with Crippen molar-refractivity contribution in [1.82, 2.24) is 0 Å². The van der Waals surface area contributed by atoms with Crippen LogP contribution in [0.15, 0.2) is 0 Å². The summed E-state index contributed by atoms with van der Waals surface area (Å²) >= 11 is 0. The lowest BCUT2D eigenvalue weighted by molar-refractivity contribution is 0.736. The first-order valence-electron chi connectivity index (χ1n) is 9.29. The molecule has 0 bridgehead atoms. The Morgan fingerprint density at radius 3 is 0.440 bits per heavy atom. The Hall–Kier alpha value is 0.390. The molecule has 0 aromatic carbocycles. The molecule has 0 spiro atoms. The van der Waals surface area contributed by atoms with Gasteiger partial charge in [-0.05, 0) is 11.8 Å². The van der Waals surface area contributed by atoms with Crippen molar-refractivity contribution in [3.8, 4) is 0 Å². The molecule has 0 aliphatic heterocycles. The van der Waals surface area contributed by atoms with Crippen molar-refractivity contribution >= 4 is 9.90 Å². The largest absolute Gasteiger partial charge is 0.412 e. The zero-order valence-electron chi connectivity index (χ0n) is 19.8. The van der Waals surface area contributed by atoms with Crippen LogP contribution in [0.25, 0.3) is 0 Å². The van der Waals surface area contributed by atoms with Gasteiger partial charge in [-0.15, -0.1) is 0 Å². The average Bonchev–Trinajstić information content (AvgIpc) is 2.36. The molecule has 0 amide bonds. The third kappa shape index (κ3) is 80400. The smallest absolute Gasteiger partial charge is 0.0500 e. The van der Waals surface area contributed by atoms with E-state index in [0.29, 0.717) is 0 Å². The molecule has 0 rings (SSSR count). The normalized spacial score (nSPS) is 5.04. The van der Waals surface area contributed by atoms with Crippen LogP contribution in [0.4, 0.5) is 0 Å². The van der Waals surface area contributed by atoms with Gasteiger partial charge in [0.05, 0.1) is 0 Å². The lowest BCUT2D eigenvalue weighted by Gasteiger charge is -1.79. The van der Waals surface area contributed by atoms with Gasteiger partial charge in [-0.25, -0.2) is 0 Å². The van der Waals surface area contributed by atoms with E-state index in [-0.39, 0.29) is 37.7 Å². The van der Waals surface area contributed by atoms with Crippen LogP contribution in [-0.2, 0) is 0 Å². The highest BCUT2D eigenvalue weighted by Crippen LogP contribution is 1.81. The molecule has 174 valence electrons. The fraction of sp³-hybridized carbons (Fsp3) is 1.00. The summed E-state index contributed by atoms with van der Waals surface area (Å²) < 4.78 is 0. The van der Waals surface area contributed by atoms with Gasteiger partial charge in [-0.3, -0.25) is 0 Å². The molecule has 0 radical (unpaired) electrons. The van der Waals surface area contributed by atoms with E-state index in [4.69, 9.17) is 0 Å². The SMILES string of the molecule is C.C.C.CC.CC.CC.CC(C)C.CC(C)C.CCC.CCC.O.P. The number of rotatable bonds is 0. The minimum absolute atomic E-state index is 0. The Kier molecular flexibility index (Phi) is 639. The Bertz CT molecular complexity index is 42.5. The maximum atomic E-state index is 2.17. The Balaban J connectivity index is -0.00000000777. The molecule has 0 aliphatic rings. The standard InChI is InChI=1S/2C4H10.2C3H8.3C2H6.3CH4.H2O.H3P/c2*1-4(2)3;2*1-3-2;3*1-2;;;;;/h2*4H,1-3H3;2*3H2,1-2H3;3*1-2H3;3*1H4;1H2;1H3. The third-order valence-corrected chi connectivity index (χ3v) is 0. The molecule has 0 aliphatic carbocycles. The minimum atomic E-state index is 0. The monoisotopic (exact) mass is 395 g/mol. The van der Waals surface area contributed by atoms with Crippen molar-refractivity contribution in [2.75, 3.05) is 0 Å². The summed E-state index contributed by atoms with van der Waals surface area (Å²) in [5, 5.41) is 0. The topological polar surface area (TPSA) is 31.5 Å². The van der Waals surface area contributed by atoms with Crippen LogP contribution in [0.1, 0.15) is 146 Å². The van der Waals surface area contributed by atoms with E-state index in [9.17, 15) is 0 Å². The van der Waals surface area contributed by atoms with Crippen molar-refractivity contribution in [3.63, 3.8) is 0 Å². The van der Waals surface area contributed by atoms with Gasteiger partial charge in [0.2, 0.25) is 0 Å². The van der Waals surface area contributed by atoms with Gasteiger partial charge in [-0.2, -0.15) is 9.90 Å². The molecule has 0 aromatic rings. The molecular formula is C23H71OP. The van der Waals surface area contributed by atoms with Crippen molar-refractivity contribution in [2.24, 2.45) is 11.8 Å². The Morgan fingerprint density at radius 1 is 0.440 bits per heavy atom. The van der Waals surface area contributed by atoms with E-state index in [0.717, 1.165) is 11.8 Å². The molecule has 0 aromatic heterocycles. The number of hydrogen-bond acceptors (Lipinski definition) is 0. The van der Waals surface area contributed by atoms with E-state index in [1.807, 2.05) is 41.5 Å². The van der Waals surface area contributed by atoms with Gasteiger partial charge in [0.25, 0.3) is 0 Å². The van der Waals surface area contributed by atoms with E-state index in [2.05, 4.69) is 69.2 Å². The predicted molar refractivity (Wildman–Crippen MR) is 142 cm³/mol. The van der Waals surface area contributed by atoms with Crippen molar-refractivity contribution in [2.45, 2.75) is 146 Å². The maximum absolute atomic E-state index is 2.17. The lowest BCUT2D eigenvalue weighted by Crippen LogP contribution is -1.66. The second-order valence-corrected chi connectivity index (χ2v) is 4.88. The minimum Gasteiger partial charge on any atom is -0.412 e. The van der Waals surface area contributed by atoms with E-state index in [1.165, 1.54) is 12.8 Å². The van der Waals surface area contributed by atoms with E-state index in [1.54, 1.807) is 0 Å². The van der Waals surface area contributed by atoms with Crippen LogP contribution < -0.4 is 0 Å². The van der Waals surface area contributed by atoms with Crippen LogP contribution in [-0.4, -0.2) is 5.48 Å². The highest BCUT2D eigenvalue weighted by molar-refractivity contribution is 6.92. The summed E-state index contributed by atoms with van der Waals surface area (Å²) in [6, 6.07) is 0. The van der Waals surface area contributed by atoms with Gasteiger partial charge in [0, 0.05) is 0 Å². The highest BCUT2D eigenvalue weighted by Gasteiger charge is 1.68. The second-order valence-electron chi connectivity index (χ2n) is 4.88. The van der Waals surface area contributed by atoms with Gasteiger partial charge in [0.15, 0.2) is 0 Å². The molecular weight excluding hydrogens is 323 g/mol. The quantitative estimate of drug-likeness (QED) is 0.366. The third-order valence-electron chi connectivity index (χ3n) is 0. The lowest BCUT2D eigenvalue weighted by atomic mass is 10.3. The zero-order valence-corrected chi connectivity index (χ0v) is 21.2. The predicted octanol–water partition coefficient (Wildman–Crippen LogP) is 10.4. The van der Waals surface area contributed by atoms with Gasteiger partial charge in [0.1, 0.15) is 0 Å².